The minimum absolute atomic E-state index is 0.0457. The number of nitrogens with zero attached hydrogens (tertiary/aromatic N) is 1. The lowest BCUT2D eigenvalue weighted by molar-refractivity contribution is -0.136. The molecule has 0 saturated heterocycles. The van der Waals surface area contributed by atoms with E-state index in [1.807, 2.05) is 30.3 Å². The molecule has 0 atom stereocenters. The lowest BCUT2D eigenvalue weighted by atomic mass is 10.2. The zero-order valence-electron chi connectivity index (χ0n) is 13.6. The lowest BCUT2D eigenvalue weighted by Crippen LogP contribution is -2.25. The van der Waals surface area contributed by atoms with Crippen LogP contribution in [0.2, 0.25) is 0 Å². The highest BCUT2D eigenvalue weighted by molar-refractivity contribution is 8.76. The molecule has 0 fully saturated rings. The highest BCUT2D eigenvalue weighted by Gasteiger charge is 2.08. The van der Waals surface area contributed by atoms with Crippen molar-refractivity contribution < 1.29 is 19.1 Å². The first kappa shape index (κ1) is 19.4. The quantitative estimate of drug-likeness (QED) is 0.457. The largest absolute Gasteiger partial charge is 0.481 e. The Balaban J connectivity index is 1.59. The van der Waals surface area contributed by atoms with Gasteiger partial charge in [-0.05, 0) is 0 Å². The molecule has 2 N–H and O–H groups in total. The van der Waals surface area contributed by atoms with Crippen molar-refractivity contribution >= 4 is 33.5 Å². The molecule has 1 aromatic heterocycles. The number of amides is 1. The van der Waals surface area contributed by atoms with Crippen molar-refractivity contribution in [1.82, 2.24) is 10.3 Å². The zero-order valence-corrected chi connectivity index (χ0v) is 15.3. The van der Waals surface area contributed by atoms with Gasteiger partial charge in [-0.15, -0.1) is 0 Å². The average Bonchev–Trinajstić information content (AvgIpc) is 3.09. The topological polar surface area (TPSA) is 92.4 Å². The Kier molecular flexibility index (Phi) is 8.41. The SMILES string of the molecule is O=C(O)CCSSCCNC(=O)CCc1ncc(-c2ccccc2)o1. The third-order valence-electron chi connectivity index (χ3n) is 3.17. The van der Waals surface area contributed by atoms with Gasteiger partial charge in [0.25, 0.3) is 0 Å². The normalized spacial score (nSPS) is 10.6. The Bertz CT molecular complexity index is 676. The molecule has 134 valence electrons. The fourth-order valence-electron chi connectivity index (χ4n) is 1.95. The predicted molar refractivity (Wildman–Crippen MR) is 100 cm³/mol. The van der Waals surface area contributed by atoms with Gasteiger partial charge in [-0.1, -0.05) is 51.9 Å². The maximum absolute atomic E-state index is 11.8. The minimum Gasteiger partial charge on any atom is -0.481 e. The fraction of sp³-hybridized carbons (Fsp3) is 0.353. The number of carboxylic acid groups (broad SMARTS) is 1. The highest BCUT2D eigenvalue weighted by atomic mass is 33.1. The zero-order chi connectivity index (χ0) is 17.9. The van der Waals surface area contributed by atoms with Gasteiger partial charge in [0.15, 0.2) is 11.7 Å². The summed E-state index contributed by atoms with van der Waals surface area (Å²) < 4.78 is 5.66. The first-order valence-electron chi connectivity index (χ1n) is 7.88. The van der Waals surface area contributed by atoms with E-state index in [0.29, 0.717) is 36.8 Å². The summed E-state index contributed by atoms with van der Waals surface area (Å²) in [6.07, 6.45) is 2.61. The molecule has 0 aliphatic carbocycles. The number of nitrogens with one attached hydrogen (secondary N) is 1. The van der Waals surface area contributed by atoms with Crippen molar-refractivity contribution in [3.8, 4) is 11.3 Å². The van der Waals surface area contributed by atoms with E-state index in [1.165, 1.54) is 10.8 Å². The van der Waals surface area contributed by atoms with E-state index in [9.17, 15) is 9.59 Å². The summed E-state index contributed by atoms with van der Waals surface area (Å²) in [5.41, 5.74) is 0.961. The third kappa shape index (κ3) is 7.66. The molecule has 25 heavy (non-hydrogen) atoms. The molecule has 6 nitrogen and oxygen atoms in total. The van der Waals surface area contributed by atoms with Gasteiger partial charge in [-0.25, -0.2) is 4.98 Å². The molecule has 0 spiro atoms. The van der Waals surface area contributed by atoms with Gasteiger partial charge in [-0.2, -0.15) is 0 Å². The van der Waals surface area contributed by atoms with Gasteiger partial charge >= 0.3 is 5.97 Å². The molecule has 8 heteroatoms. The second-order valence-corrected chi connectivity index (χ2v) is 7.82. The lowest BCUT2D eigenvalue weighted by Gasteiger charge is -2.03. The van der Waals surface area contributed by atoms with Crippen LogP contribution < -0.4 is 5.32 Å². The van der Waals surface area contributed by atoms with E-state index >= 15 is 0 Å². The number of hydrogen-bond acceptors (Lipinski definition) is 6. The van der Waals surface area contributed by atoms with Crippen LogP contribution in [0.1, 0.15) is 18.7 Å². The van der Waals surface area contributed by atoms with Gasteiger partial charge < -0.3 is 14.8 Å². The van der Waals surface area contributed by atoms with Gasteiger partial charge in [0.2, 0.25) is 5.91 Å². The van der Waals surface area contributed by atoms with Crippen molar-refractivity contribution in [1.29, 1.82) is 0 Å². The molecule has 0 radical (unpaired) electrons. The molecule has 1 amide bonds. The van der Waals surface area contributed by atoms with E-state index in [4.69, 9.17) is 9.52 Å². The summed E-state index contributed by atoms with van der Waals surface area (Å²) in [5.74, 6) is 1.73. The average molecular weight is 380 g/mol. The number of oxazole rings is 1. The minimum atomic E-state index is -0.789. The predicted octanol–water partition coefficient (Wildman–Crippen LogP) is 3.25. The van der Waals surface area contributed by atoms with E-state index < -0.39 is 5.97 Å². The van der Waals surface area contributed by atoms with Crippen molar-refractivity contribution in [2.45, 2.75) is 19.3 Å². The molecule has 0 saturated carbocycles. The van der Waals surface area contributed by atoms with E-state index in [0.717, 1.165) is 11.3 Å². The number of aryl methyl sites for hydroxylation is 1. The first-order chi connectivity index (χ1) is 12.1. The van der Waals surface area contributed by atoms with E-state index in [2.05, 4.69) is 10.3 Å². The third-order valence-corrected chi connectivity index (χ3v) is 5.58. The van der Waals surface area contributed by atoms with Crippen LogP contribution in [0.4, 0.5) is 0 Å². The van der Waals surface area contributed by atoms with Gasteiger partial charge in [0, 0.05) is 36.5 Å². The Labute approximate surface area is 154 Å². The van der Waals surface area contributed by atoms with Crippen LogP contribution in [0.5, 0.6) is 0 Å². The molecule has 1 aromatic carbocycles. The number of aliphatic carboxylic acids is 1. The number of carboxylic acids is 1. The molecule has 1 heterocycles. The summed E-state index contributed by atoms with van der Waals surface area (Å²) in [4.78, 5) is 26.4. The van der Waals surface area contributed by atoms with E-state index in [-0.39, 0.29) is 12.3 Å². The molecule has 0 bridgehead atoms. The van der Waals surface area contributed by atoms with Crippen molar-refractivity contribution in [3.63, 3.8) is 0 Å². The second-order valence-electron chi connectivity index (χ2n) is 5.12. The van der Waals surface area contributed by atoms with Crippen molar-refractivity contribution in [2.24, 2.45) is 0 Å². The maximum atomic E-state index is 11.8. The number of hydrogen-bond donors (Lipinski definition) is 2. The van der Waals surface area contributed by atoms with E-state index in [1.54, 1.807) is 17.0 Å². The molecular weight excluding hydrogens is 360 g/mol. The molecule has 0 aliphatic heterocycles. The van der Waals surface area contributed by atoms with Crippen LogP contribution in [0.15, 0.2) is 40.9 Å². The van der Waals surface area contributed by atoms with Crippen molar-refractivity contribution in [2.75, 3.05) is 18.1 Å². The Morgan fingerprint density at radius 2 is 1.88 bits per heavy atom. The number of rotatable bonds is 11. The standard InChI is InChI=1S/C17H20N2O4S2/c20-15(18-9-11-25-24-10-8-17(21)22)6-7-16-19-12-14(23-16)13-4-2-1-3-5-13/h1-5,12H,6-11H2,(H,18,20)(H,21,22). The smallest absolute Gasteiger partial charge is 0.304 e. The number of carbonyl (C=O) groups excluding carboxylic acids is 1. The van der Waals surface area contributed by atoms with Gasteiger partial charge in [-0.3, -0.25) is 9.59 Å². The Hall–Kier alpha value is -1.93. The van der Waals surface area contributed by atoms with Crippen LogP contribution >= 0.6 is 21.6 Å². The van der Waals surface area contributed by atoms with Crippen LogP contribution in [-0.2, 0) is 16.0 Å². The van der Waals surface area contributed by atoms with Gasteiger partial charge in [0.1, 0.15) is 0 Å². The van der Waals surface area contributed by atoms with Crippen LogP contribution in [-0.4, -0.2) is 40.0 Å². The molecule has 0 aliphatic rings. The van der Waals surface area contributed by atoms with Crippen LogP contribution in [0, 0.1) is 0 Å². The summed E-state index contributed by atoms with van der Waals surface area (Å²) in [5, 5.41) is 11.3. The summed E-state index contributed by atoms with van der Waals surface area (Å²) in [6, 6.07) is 9.70. The number of carbonyl (C=O) groups is 2. The fourth-order valence-corrected chi connectivity index (χ4v) is 3.84. The summed E-state index contributed by atoms with van der Waals surface area (Å²) in [6.45, 7) is 0.560. The highest BCUT2D eigenvalue weighted by Crippen LogP contribution is 2.21. The van der Waals surface area contributed by atoms with Crippen molar-refractivity contribution in [3.05, 3.63) is 42.4 Å². The Morgan fingerprint density at radius 1 is 1.12 bits per heavy atom. The molecular formula is C17H20N2O4S2. The van der Waals surface area contributed by atoms with Gasteiger partial charge in [0.05, 0.1) is 12.6 Å². The summed E-state index contributed by atoms with van der Waals surface area (Å²) >= 11 is 0. The number of aromatic nitrogens is 1. The maximum Gasteiger partial charge on any atom is 0.304 e. The number of benzene rings is 1. The van der Waals surface area contributed by atoms with Crippen LogP contribution in [0.25, 0.3) is 11.3 Å². The monoisotopic (exact) mass is 380 g/mol. The van der Waals surface area contributed by atoms with Crippen LogP contribution in [0.3, 0.4) is 0 Å². The summed E-state index contributed by atoms with van der Waals surface area (Å²) in [7, 11) is 3.06. The Morgan fingerprint density at radius 3 is 2.64 bits per heavy atom. The second kappa shape index (κ2) is 10.8. The molecule has 2 aromatic rings. The molecule has 2 rings (SSSR count). The molecule has 0 unspecified atom stereocenters. The first-order valence-corrected chi connectivity index (χ1v) is 10.4.